The molecule has 13 heteroatoms. The average Bonchev–Trinajstić information content (AvgIpc) is 3.14. The average molecular weight is 513 g/mol. The molecule has 1 radical (unpaired) electrons. The van der Waals surface area contributed by atoms with Gasteiger partial charge >= 0.3 is 5.97 Å². The molecule has 4 N–H and O–H groups in total. The standard InChI is InChI=1S/C19H17Cl2N3O5S.Na.H2O.H2/c1-7-10(12(23-29-7)11-8(20)5-4-6-9(11)21)15(25)22-13-16(26)24-14(18(27)28)19(2,3)30-17(13)24;;;/h4-6,13-14,17H,1-3H3,(H,22,25)(H,27,28);;1H2;1H. The maximum Gasteiger partial charge on any atom is 0.327 e. The summed E-state index contributed by atoms with van der Waals surface area (Å²) in [4.78, 5) is 38.7. The summed E-state index contributed by atoms with van der Waals surface area (Å²) in [6.45, 7) is 5.10. The van der Waals surface area contributed by atoms with E-state index in [0.717, 1.165) is 0 Å². The number of rotatable bonds is 4. The van der Waals surface area contributed by atoms with Crippen LogP contribution in [0.3, 0.4) is 0 Å². The number of aliphatic carboxylic acids is 1. The van der Waals surface area contributed by atoms with E-state index in [-0.39, 0.29) is 53.5 Å². The number of nitrogens with one attached hydrogen (secondary N) is 1. The minimum Gasteiger partial charge on any atom is -0.480 e. The van der Waals surface area contributed by atoms with Crippen molar-refractivity contribution < 1.29 is 30.9 Å². The van der Waals surface area contributed by atoms with Gasteiger partial charge in [-0.05, 0) is 32.9 Å². The molecule has 2 aromatic rings. The van der Waals surface area contributed by atoms with E-state index in [1.165, 1.54) is 16.7 Å². The van der Waals surface area contributed by atoms with Crippen LogP contribution in [0.25, 0.3) is 11.3 Å². The molecule has 2 amide bonds. The maximum absolute atomic E-state index is 13.1. The van der Waals surface area contributed by atoms with E-state index in [0.29, 0.717) is 15.6 Å². The molecule has 3 heterocycles. The number of hydrogen-bond acceptors (Lipinski definition) is 6. The number of β-lactam (4-membered cyclic amide) rings is 1. The predicted molar refractivity (Wildman–Crippen MR) is 123 cm³/mol. The van der Waals surface area contributed by atoms with Crippen LogP contribution < -0.4 is 5.32 Å². The first-order valence-corrected chi connectivity index (χ1v) is 10.6. The van der Waals surface area contributed by atoms with Gasteiger partial charge in [0.1, 0.15) is 34.5 Å². The van der Waals surface area contributed by atoms with Gasteiger partial charge in [0.2, 0.25) is 5.91 Å². The van der Waals surface area contributed by atoms with E-state index in [9.17, 15) is 19.5 Å². The first-order chi connectivity index (χ1) is 14.0. The van der Waals surface area contributed by atoms with E-state index < -0.39 is 40.0 Å². The normalized spacial score (nSPS) is 22.8. The summed E-state index contributed by atoms with van der Waals surface area (Å²) in [5.41, 5.74) is 0.645. The Bertz CT molecular complexity index is 1080. The van der Waals surface area contributed by atoms with Crippen molar-refractivity contribution in [1.82, 2.24) is 15.4 Å². The number of aryl methyl sites for hydroxylation is 1. The number of nitrogens with zero attached hydrogens (tertiary/aromatic N) is 2. The van der Waals surface area contributed by atoms with Crippen molar-refractivity contribution in [2.24, 2.45) is 0 Å². The zero-order valence-corrected chi connectivity index (χ0v) is 21.9. The second-order valence-corrected chi connectivity index (χ2v) is 10.2. The van der Waals surface area contributed by atoms with Gasteiger partial charge in [-0.15, -0.1) is 11.8 Å². The van der Waals surface area contributed by atoms with Gasteiger partial charge in [-0.2, -0.15) is 0 Å². The Morgan fingerprint density at radius 2 is 1.91 bits per heavy atom. The zero-order chi connectivity index (χ0) is 22.0. The molecule has 0 bridgehead atoms. The Morgan fingerprint density at radius 3 is 2.47 bits per heavy atom. The van der Waals surface area contributed by atoms with E-state index in [2.05, 4.69) is 10.5 Å². The Hall–Kier alpha value is -1.27. The van der Waals surface area contributed by atoms with Gasteiger partial charge in [0.05, 0.1) is 10.0 Å². The predicted octanol–water partition coefficient (Wildman–Crippen LogP) is 2.24. The van der Waals surface area contributed by atoms with Crippen molar-refractivity contribution in [3.8, 4) is 11.3 Å². The molecule has 4 rings (SSSR count). The molecule has 32 heavy (non-hydrogen) atoms. The Kier molecular flexibility index (Phi) is 8.04. The van der Waals surface area contributed by atoms with Crippen molar-refractivity contribution in [3.63, 3.8) is 0 Å². The fraction of sp³-hybridized carbons (Fsp3) is 0.368. The fourth-order valence-electron chi connectivity index (χ4n) is 3.89. The van der Waals surface area contributed by atoms with E-state index >= 15 is 0 Å². The van der Waals surface area contributed by atoms with Crippen molar-refractivity contribution >= 4 is 82.3 Å². The van der Waals surface area contributed by atoms with Gasteiger partial charge in [0.25, 0.3) is 5.91 Å². The molecule has 2 saturated heterocycles. The maximum atomic E-state index is 13.1. The number of hydrogen-bond donors (Lipinski definition) is 2. The Labute approximate surface area is 221 Å². The summed E-state index contributed by atoms with van der Waals surface area (Å²) in [5, 5.41) is 16.3. The summed E-state index contributed by atoms with van der Waals surface area (Å²) in [5.74, 6) is -1.84. The number of carboxylic acids is 1. The first kappa shape index (κ1) is 27.0. The number of thioether (sulfide) groups is 1. The van der Waals surface area contributed by atoms with Crippen LogP contribution in [0.4, 0.5) is 0 Å². The molecule has 0 spiro atoms. The van der Waals surface area contributed by atoms with Crippen LogP contribution in [0.1, 0.15) is 31.4 Å². The third-order valence-corrected chi connectivity index (χ3v) is 7.45. The van der Waals surface area contributed by atoms with Gasteiger partial charge in [-0.3, -0.25) is 9.59 Å². The molecule has 1 aromatic carbocycles. The molecule has 3 unspecified atom stereocenters. The van der Waals surface area contributed by atoms with Crippen molar-refractivity contribution in [3.05, 3.63) is 39.6 Å². The SMILES string of the molecule is Cc1onc(-c2c(Cl)cccc2Cl)c1C(=O)NC1C(=O)N2C1SC(C)(C)C2C(=O)O.O.[HH].[Na]. The third-order valence-electron chi connectivity index (χ3n) is 5.25. The van der Waals surface area contributed by atoms with Gasteiger partial charge in [-0.25, -0.2) is 4.79 Å². The van der Waals surface area contributed by atoms with Crippen molar-refractivity contribution in [2.45, 2.75) is 43.0 Å². The number of benzene rings is 1. The zero-order valence-electron chi connectivity index (χ0n) is 17.6. The van der Waals surface area contributed by atoms with Gasteiger partial charge < -0.3 is 25.3 Å². The van der Waals surface area contributed by atoms with Crippen LogP contribution in [-0.2, 0) is 9.59 Å². The number of amides is 2. The molecule has 9 nitrogen and oxygen atoms in total. The van der Waals surface area contributed by atoms with E-state index in [1.807, 2.05) is 0 Å². The van der Waals surface area contributed by atoms with Crippen molar-refractivity contribution in [1.29, 1.82) is 0 Å². The number of aromatic nitrogens is 1. The number of carboxylic acid groups (broad SMARTS) is 1. The van der Waals surface area contributed by atoms with Crippen LogP contribution >= 0.6 is 35.0 Å². The second kappa shape index (κ2) is 9.54. The molecule has 1 aromatic heterocycles. The fourth-order valence-corrected chi connectivity index (χ4v) is 6.09. The van der Waals surface area contributed by atoms with Crippen LogP contribution in [0.2, 0.25) is 10.0 Å². The number of carbonyl (C=O) groups excluding carboxylic acids is 2. The number of fused-ring (bicyclic) bond motifs is 1. The number of halogens is 2. The van der Waals surface area contributed by atoms with Crippen LogP contribution in [0.5, 0.6) is 0 Å². The molecule has 2 aliphatic rings. The minimum atomic E-state index is -1.07. The summed E-state index contributed by atoms with van der Waals surface area (Å²) < 4.78 is 4.52. The molecule has 3 atom stereocenters. The van der Waals surface area contributed by atoms with Crippen LogP contribution in [0, 0.1) is 6.92 Å². The number of carbonyl (C=O) groups is 3. The summed E-state index contributed by atoms with van der Waals surface area (Å²) in [6.07, 6.45) is 0. The Balaban J connectivity index is 0.00000181. The Morgan fingerprint density at radius 1 is 1.31 bits per heavy atom. The third kappa shape index (κ3) is 4.18. The van der Waals surface area contributed by atoms with Crippen molar-refractivity contribution in [2.75, 3.05) is 0 Å². The first-order valence-electron chi connectivity index (χ1n) is 8.99. The molecule has 2 fully saturated rings. The van der Waals surface area contributed by atoms with Gasteiger partial charge in [0.15, 0.2) is 0 Å². The smallest absolute Gasteiger partial charge is 0.327 e. The molecule has 169 valence electrons. The monoisotopic (exact) mass is 512 g/mol. The largest absolute Gasteiger partial charge is 0.480 e. The summed E-state index contributed by atoms with van der Waals surface area (Å²) >= 11 is 13.8. The van der Waals surface area contributed by atoms with E-state index in [4.69, 9.17) is 27.7 Å². The molecular formula is C19H21Cl2N3NaO6S. The topological polar surface area (TPSA) is 144 Å². The minimum absolute atomic E-state index is 0. The van der Waals surface area contributed by atoms with Crippen LogP contribution in [0.15, 0.2) is 22.7 Å². The molecule has 0 saturated carbocycles. The van der Waals surface area contributed by atoms with Gasteiger partial charge in [0, 0.05) is 41.3 Å². The molecule has 2 aliphatic heterocycles. The second-order valence-electron chi connectivity index (χ2n) is 7.61. The van der Waals surface area contributed by atoms with E-state index in [1.54, 1.807) is 39.0 Å². The van der Waals surface area contributed by atoms with Crippen LogP contribution in [-0.4, -0.2) is 90.2 Å². The summed E-state index contributed by atoms with van der Waals surface area (Å²) in [7, 11) is 0. The molecular weight excluding hydrogens is 492 g/mol. The summed E-state index contributed by atoms with van der Waals surface area (Å²) in [6, 6.07) is 3.09. The van der Waals surface area contributed by atoms with Gasteiger partial charge in [-0.1, -0.05) is 34.4 Å². The molecule has 0 aliphatic carbocycles. The quantitative estimate of drug-likeness (QED) is 0.471.